The number of furan rings is 1. The number of hydrogen-bond acceptors (Lipinski definition) is 4. The molecule has 1 N–H and O–H groups in total. The van der Waals surface area contributed by atoms with Crippen LogP contribution in [0.4, 0.5) is 0 Å². The van der Waals surface area contributed by atoms with Crippen LogP contribution in [0.25, 0.3) is 0 Å². The van der Waals surface area contributed by atoms with Crippen molar-refractivity contribution >= 4 is 26.0 Å². The molecule has 2 aromatic heterocycles. The van der Waals surface area contributed by atoms with E-state index in [0.29, 0.717) is 10.2 Å². The average Bonchev–Trinajstić information content (AvgIpc) is 2.73. The van der Waals surface area contributed by atoms with Gasteiger partial charge in [0.1, 0.15) is 16.4 Å². The summed E-state index contributed by atoms with van der Waals surface area (Å²) in [6.45, 7) is 1.92. The van der Waals surface area contributed by atoms with Crippen LogP contribution in [0.5, 0.6) is 0 Å². The highest BCUT2D eigenvalue weighted by atomic mass is 79.9. The van der Waals surface area contributed by atoms with Crippen LogP contribution >= 0.6 is 15.9 Å². The number of hydrogen-bond donors (Lipinski definition) is 1. The fourth-order valence-corrected chi connectivity index (χ4v) is 2.87. The van der Waals surface area contributed by atoms with E-state index in [9.17, 15) is 8.42 Å². The summed E-state index contributed by atoms with van der Waals surface area (Å²) in [5.74, 6) is 1.31. The molecule has 0 spiro atoms. The van der Waals surface area contributed by atoms with Gasteiger partial charge in [0.05, 0.1) is 6.54 Å². The molecular weight excluding hydrogens is 320 g/mol. The van der Waals surface area contributed by atoms with Gasteiger partial charge in [-0.15, -0.1) is 0 Å². The van der Waals surface area contributed by atoms with Gasteiger partial charge in [-0.25, -0.2) is 13.1 Å². The van der Waals surface area contributed by atoms with E-state index in [4.69, 9.17) is 4.42 Å². The van der Waals surface area contributed by atoms with E-state index in [2.05, 4.69) is 25.6 Å². The number of nitrogens with zero attached hydrogens (tertiary/aromatic N) is 1. The molecule has 2 rings (SSSR count). The minimum Gasteiger partial charge on any atom is -0.465 e. The largest absolute Gasteiger partial charge is 0.465 e. The minimum absolute atomic E-state index is 0.111. The van der Waals surface area contributed by atoms with Gasteiger partial charge in [0, 0.05) is 16.9 Å². The van der Waals surface area contributed by atoms with Gasteiger partial charge >= 0.3 is 0 Å². The first-order valence-electron chi connectivity index (χ1n) is 5.13. The molecule has 0 aliphatic carbocycles. The standard InChI is InChI=1S/C11H11BrN2O3S/c1-8-2-3-10(17-8)6-14-18(15,16)11-4-9(12)5-13-7-11/h2-5,7,14H,6H2,1H3. The molecule has 0 radical (unpaired) electrons. The Kier molecular flexibility index (Phi) is 3.84. The van der Waals surface area contributed by atoms with E-state index in [1.54, 1.807) is 19.1 Å². The second-order valence-corrected chi connectivity index (χ2v) is 6.36. The Morgan fingerprint density at radius 1 is 1.39 bits per heavy atom. The Morgan fingerprint density at radius 2 is 2.17 bits per heavy atom. The van der Waals surface area contributed by atoms with Crippen LogP contribution in [-0.2, 0) is 16.6 Å². The topological polar surface area (TPSA) is 72.2 Å². The fraction of sp³-hybridized carbons (Fsp3) is 0.182. The quantitative estimate of drug-likeness (QED) is 0.932. The van der Waals surface area contributed by atoms with Crippen molar-refractivity contribution in [2.24, 2.45) is 0 Å². The number of halogens is 1. The summed E-state index contributed by atoms with van der Waals surface area (Å²) in [4.78, 5) is 3.93. The second-order valence-electron chi connectivity index (χ2n) is 3.68. The zero-order valence-electron chi connectivity index (χ0n) is 9.55. The van der Waals surface area contributed by atoms with E-state index in [1.165, 1.54) is 18.5 Å². The molecule has 5 nitrogen and oxygen atoms in total. The first-order valence-corrected chi connectivity index (χ1v) is 7.40. The molecule has 0 aliphatic rings. The van der Waals surface area contributed by atoms with Gasteiger partial charge in [-0.05, 0) is 41.1 Å². The lowest BCUT2D eigenvalue weighted by atomic mass is 10.4. The molecule has 0 fully saturated rings. The number of rotatable bonds is 4. The molecule has 7 heteroatoms. The van der Waals surface area contributed by atoms with Crippen LogP contribution in [0.2, 0.25) is 0 Å². The minimum atomic E-state index is -3.57. The highest BCUT2D eigenvalue weighted by molar-refractivity contribution is 9.10. The number of pyridine rings is 1. The molecule has 0 saturated heterocycles. The van der Waals surface area contributed by atoms with E-state index in [0.717, 1.165) is 5.76 Å². The Hall–Kier alpha value is -1.18. The van der Waals surface area contributed by atoms with Crippen molar-refractivity contribution in [1.29, 1.82) is 0 Å². The van der Waals surface area contributed by atoms with E-state index in [1.807, 2.05) is 0 Å². The van der Waals surface area contributed by atoms with Crippen LogP contribution in [0.1, 0.15) is 11.5 Å². The van der Waals surface area contributed by atoms with Crippen LogP contribution in [0.15, 0.2) is 44.4 Å². The molecule has 0 amide bonds. The third-order valence-electron chi connectivity index (χ3n) is 2.22. The van der Waals surface area contributed by atoms with Crippen LogP contribution in [0, 0.1) is 6.92 Å². The molecule has 2 aromatic rings. The summed E-state index contributed by atoms with van der Waals surface area (Å²) >= 11 is 3.18. The summed E-state index contributed by atoms with van der Waals surface area (Å²) in [7, 11) is -3.57. The second kappa shape index (κ2) is 5.21. The molecule has 2 heterocycles. The van der Waals surface area contributed by atoms with Crippen LogP contribution in [-0.4, -0.2) is 13.4 Å². The van der Waals surface area contributed by atoms with Crippen molar-refractivity contribution in [2.45, 2.75) is 18.4 Å². The molecular formula is C11H11BrN2O3S. The summed E-state index contributed by atoms with van der Waals surface area (Å²) in [6.07, 6.45) is 2.81. The lowest BCUT2D eigenvalue weighted by Crippen LogP contribution is -2.23. The molecule has 0 aliphatic heterocycles. The van der Waals surface area contributed by atoms with Gasteiger partial charge in [-0.1, -0.05) is 0 Å². The normalized spacial score (nSPS) is 11.7. The smallest absolute Gasteiger partial charge is 0.242 e. The molecule has 0 aromatic carbocycles. The van der Waals surface area contributed by atoms with Crippen molar-refractivity contribution in [3.8, 4) is 0 Å². The third-order valence-corrected chi connectivity index (χ3v) is 4.02. The monoisotopic (exact) mass is 330 g/mol. The van der Waals surface area contributed by atoms with Crippen molar-refractivity contribution in [3.63, 3.8) is 0 Å². The van der Waals surface area contributed by atoms with Gasteiger partial charge < -0.3 is 4.42 Å². The molecule has 96 valence electrons. The Bertz CT molecular complexity index is 652. The summed E-state index contributed by atoms with van der Waals surface area (Å²) in [5, 5.41) is 0. The lowest BCUT2D eigenvalue weighted by Gasteiger charge is -2.05. The van der Waals surface area contributed by atoms with E-state index < -0.39 is 10.0 Å². The van der Waals surface area contributed by atoms with Gasteiger partial charge in [0.2, 0.25) is 10.0 Å². The Labute approximate surface area is 113 Å². The molecule has 0 unspecified atom stereocenters. The van der Waals surface area contributed by atoms with Gasteiger partial charge in [-0.3, -0.25) is 4.98 Å². The summed E-state index contributed by atoms with van der Waals surface area (Å²) in [6, 6.07) is 5.00. The molecule has 18 heavy (non-hydrogen) atoms. The van der Waals surface area contributed by atoms with E-state index in [-0.39, 0.29) is 11.4 Å². The predicted molar refractivity (Wildman–Crippen MR) is 69.4 cm³/mol. The van der Waals surface area contributed by atoms with E-state index >= 15 is 0 Å². The number of aryl methyl sites for hydroxylation is 1. The zero-order valence-corrected chi connectivity index (χ0v) is 12.0. The maximum Gasteiger partial charge on any atom is 0.242 e. The maximum absolute atomic E-state index is 12.0. The van der Waals surface area contributed by atoms with Crippen LogP contribution < -0.4 is 4.72 Å². The first kappa shape index (κ1) is 13.3. The lowest BCUT2D eigenvalue weighted by molar-refractivity contribution is 0.475. The number of nitrogens with one attached hydrogen (secondary N) is 1. The first-order chi connectivity index (χ1) is 8.47. The summed E-state index contributed by atoms with van der Waals surface area (Å²) < 4.78 is 32.2. The Balaban J connectivity index is 2.13. The van der Waals surface area contributed by atoms with Crippen molar-refractivity contribution in [2.75, 3.05) is 0 Å². The van der Waals surface area contributed by atoms with Gasteiger partial charge in [0.25, 0.3) is 0 Å². The molecule has 0 atom stereocenters. The zero-order chi connectivity index (χ0) is 13.2. The molecule has 0 bridgehead atoms. The van der Waals surface area contributed by atoms with Crippen molar-refractivity contribution in [3.05, 3.63) is 46.6 Å². The Morgan fingerprint density at radius 3 is 2.78 bits per heavy atom. The number of sulfonamides is 1. The summed E-state index contributed by atoms with van der Waals surface area (Å²) in [5.41, 5.74) is 0. The van der Waals surface area contributed by atoms with Gasteiger partial charge in [0.15, 0.2) is 0 Å². The van der Waals surface area contributed by atoms with Crippen molar-refractivity contribution in [1.82, 2.24) is 9.71 Å². The molecule has 0 saturated carbocycles. The van der Waals surface area contributed by atoms with Crippen molar-refractivity contribution < 1.29 is 12.8 Å². The highest BCUT2D eigenvalue weighted by Crippen LogP contribution is 2.14. The maximum atomic E-state index is 12.0. The van der Waals surface area contributed by atoms with Gasteiger partial charge in [-0.2, -0.15) is 0 Å². The predicted octanol–water partition coefficient (Wildman–Crippen LogP) is 2.22. The third kappa shape index (κ3) is 3.18. The number of aromatic nitrogens is 1. The average molecular weight is 331 g/mol. The SMILES string of the molecule is Cc1ccc(CNS(=O)(=O)c2cncc(Br)c2)o1. The highest BCUT2D eigenvalue weighted by Gasteiger charge is 2.15. The van der Waals surface area contributed by atoms with Crippen LogP contribution in [0.3, 0.4) is 0 Å². The fourth-order valence-electron chi connectivity index (χ4n) is 1.37.